The molecule has 0 amide bonds. The topological polar surface area (TPSA) is 35.5 Å². The molecular formula is C12H15ClF8O3. The Hall–Kier alpha value is -0.840. The van der Waals surface area contributed by atoms with E-state index in [0.29, 0.717) is 6.42 Å². The minimum atomic E-state index is -6.34. The normalized spacial score (nSPS) is 14.8. The summed E-state index contributed by atoms with van der Waals surface area (Å²) in [7, 11) is 0. The van der Waals surface area contributed by atoms with Gasteiger partial charge in [-0.05, 0) is 6.42 Å². The quantitative estimate of drug-likeness (QED) is 0.300. The fraction of sp³-hybridized carbons (Fsp3) is 0.917. The van der Waals surface area contributed by atoms with Crippen molar-refractivity contribution in [1.29, 1.82) is 0 Å². The van der Waals surface area contributed by atoms with Crippen LogP contribution >= 0.6 is 11.6 Å². The lowest BCUT2D eigenvalue weighted by atomic mass is 10.1. The van der Waals surface area contributed by atoms with Gasteiger partial charge in [0.15, 0.2) is 0 Å². The van der Waals surface area contributed by atoms with Crippen LogP contribution < -0.4 is 0 Å². The predicted octanol–water partition coefficient (Wildman–Crippen LogP) is 4.12. The number of ether oxygens (including phenoxy) is 2. The van der Waals surface area contributed by atoms with Crippen LogP contribution in [0.3, 0.4) is 0 Å². The zero-order valence-corrected chi connectivity index (χ0v) is 13.1. The van der Waals surface area contributed by atoms with Gasteiger partial charge in [-0.2, -0.15) is 26.3 Å². The average molecular weight is 395 g/mol. The first kappa shape index (κ1) is 23.2. The average Bonchev–Trinajstić information content (AvgIpc) is 2.45. The molecule has 0 aromatic rings. The van der Waals surface area contributed by atoms with Crippen molar-refractivity contribution < 1.29 is 49.4 Å². The molecule has 0 saturated heterocycles. The molecular weight excluding hydrogens is 380 g/mol. The summed E-state index contributed by atoms with van der Waals surface area (Å²) in [6, 6.07) is 0. The van der Waals surface area contributed by atoms with Gasteiger partial charge in [0.1, 0.15) is 12.7 Å². The number of hydrogen-bond donors (Lipinski definition) is 0. The number of alkyl halides is 9. The smallest absolute Gasteiger partial charge is 0.380 e. The Morgan fingerprint density at radius 3 is 2.08 bits per heavy atom. The molecule has 0 bridgehead atoms. The third-order valence-corrected chi connectivity index (χ3v) is 3.01. The number of carbonyl (C=O) groups excluding carboxylic acids is 1. The van der Waals surface area contributed by atoms with E-state index in [1.807, 2.05) is 0 Å². The van der Waals surface area contributed by atoms with Crippen molar-refractivity contribution >= 4 is 17.6 Å². The lowest BCUT2D eigenvalue weighted by molar-refractivity contribution is -0.346. The molecule has 24 heavy (non-hydrogen) atoms. The minimum Gasteiger partial charge on any atom is -0.459 e. The van der Waals surface area contributed by atoms with Crippen LogP contribution in [0, 0.1) is 0 Å². The van der Waals surface area contributed by atoms with E-state index in [1.54, 1.807) is 6.92 Å². The summed E-state index contributed by atoms with van der Waals surface area (Å²) >= 11 is 5.35. The Bertz CT molecular complexity index is 406. The van der Waals surface area contributed by atoms with Crippen LogP contribution in [0.25, 0.3) is 0 Å². The van der Waals surface area contributed by atoms with Gasteiger partial charge in [-0.3, -0.25) is 4.79 Å². The molecule has 0 fully saturated rings. The van der Waals surface area contributed by atoms with Crippen LogP contribution in [0.15, 0.2) is 0 Å². The van der Waals surface area contributed by atoms with Gasteiger partial charge in [0.25, 0.3) is 0 Å². The second-order valence-corrected chi connectivity index (χ2v) is 5.04. The maximum atomic E-state index is 13.2. The number of esters is 1. The Labute approximate surface area is 137 Å². The molecule has 0 heterocycles. The summed E-state index contributed by atoms with van der Waals surface area (Å²) in [4.78, 5) is 11.2. The van der Waals surface area contributed by atoms with E-state index >= 15 is 0 Å². The Morgan fingerprint density at radius 2 is 1.67 bits per heavy atom. The van der Waals surface area contributed by atoms with Gasteiger partial charge >= 0.3 is 30.2 Å². The maximum Gasteiger partial charge on any atom is 0.380 e. The summed E-state index contributed by atoms with van der Waals surface area (Å²) < 4.78 is 110. The summed E-state index contributed by atoms with van der Waals surface area (Å²) in [5.41, 5.74) is 0. The first-order valence-electron chi connectivity index (χ1n) is 6.58. The SMILES string of the molecule is CCCC(=O)OC(CCl)COCC(F)(F)C(F)(F)C(F)(F)C(F)F. The van der Waals surface area contributed by atoms with E-state index in [-0.39, 0.29) is 6.42 Å². The first-order valence-corrected chi connectivity index (χ1v) is 7.11. The molecule has 1 atom stereocenters. The summed E-state index contributed by atoms with van der Waals surface area (Å²) in [6.45, 7) is -1.55. The van der Waals surface area contributed by atoms with Crippen LogP contribution in [0.4, 0.5) is 35.1 Å². The van der Waals surface area contributed by atoms with Gasteiger partial charge in [0, 0.05) is 6.42 Å². The van der Waals surface area contributed by atoms with Crippen LogP contribution in [0.1, 0.15) is 19.8 Å². The van der Waals surface area contributed by atoms with Gasteiger partial charge in [0.2, 0.25) is 0 Å². The van der Waals surface area contributed by atoms with Crippen molar-refractivity contribution in [2.75, 3.05) is 19.1 Å². The van der Waals surface area contributed by atoms with Crippen molar-refractivity contribution in [1.82, 2.24) is 0 Å². The van der Waals surface area contributed by atoms with E-state index in [2.05, 4.69) is 9.47 Å². The van der Waals surface area contributed by atoms with Crippen molar-refractivity contribution in [3.05, 3.63) is 0 Å². The van der Waals surface area contributed by atoms with E-state index in [9.17, 15) is 39.9 Å². The number of carbonyl (C=O) groups is 1. The highest BCUT2D eigenvalue weighted by Gasteiger charge is 2.75. The highest BCUT2D eigenvalue weighted by atomic mass is 35.5. The third kappa shape index (κ3) is 5.61. The van der Waals surface area contributed by atoms with Crippen molar-refractivity contribution in [3.8, 4) is 0 Å². The predicted molar refractivity (Wildman–Crippen MR) is 67.2 cm³/mol. The largest absolute Gasteiger partial charge is 0.459 e. The van der Waals surface area contributed by atoms with Crippen molar-refractivity contribution in [2.45, 2.75) is 50.1 Å². The van der Waals surface area contributed by atoms with E-state index in [1.165, 1.54) is 0 Å². The van der Waals surface area contributed by atoms with E-state index in [4.69, 9.17) is 11.6 Å². The molecule has 0 aliphatic heterocycles. The zero-order valence-electron chi connectivity index (χ0n) is 12.3. The molecule has 0 aliphatic carbocycles. The molecule has 0 N–H and O–H groups in total. The molecule has 1 unspecified atom stereocenters. The van der Waals surface area contributed by atoms with Gasteiger partial charge in [-0.15, -0.1) is 11.6 Å². The highest BCUT2D eigenvalue weighted by molar-refractivity contribution is 6.18. The molecule has 0 radical (unpaired) electrons. The molecule has 0 spiro atoms. The lowest BCUT2D eigenvalue weighted by Crippen LogP contribution is -2.59. The molecule has 12 heteroatoms. The molecule has 0 rings (SSSR count). The standard InChI is InChI=1S/C12H15ClF8O3/c1-2-3-8(22)24-7(4-13)5-23-6-10(16,17)12(20,21)11(18,19)9(14)15/h7,9H,2-6H2,1H3. The Morgan fingerprint density at radius 1 is 1.12 bits per heavy atom. The Kier molecular flexibility index (Phi) is 8.71. The van der Waals surface area contributed by atoms with Crippen molar-refractivity contribution in [2.24, 2.45) is 0 Å². The van der Waals surface area contributed by atoms with E-state index in [0.717, 1.165) is 0 Å². The van der Waals surface area contributed by atoms with Crippen LogP contribution in [-0.4, -0.2) is 55.4 Å². The molecule has 0 aromatic heterocycles. The van der Waals surface area contributed by atoms with Crippen molar-refractivity contribution in [3.63, 3.8) is 0 Å². The van der Waals surface area contributed by atoms with Gasteiger partial charge in [-0.25, -0.2) is 8.78 Å². The van der Waals surface area contributed by atoms with Gasteiger partial charge < -0.3 is 9.47 Å². The molecule has 0 saturated carbocycles. The summed E-state index contributed by atoms with van der Waals surface area (Å²) in [5, 5.41) is 0. The highest BCUT2D eigenvalue weighted by Crippen LogP contribution is 2.48. The lowest BCUT2D eigenvalue weighted by Gasteiger charge is -2.32. The maximum absolute atomic E-state index is 13.2. The number of rotatable bonds is 11. The third-order valence-electron chi connectivity index (χ3n) is 2.66. The molecule has 0 aromatic carbocycles. The van der Waals surface area contributed by atoms with Crippen LogP contribution in [0.2, 0.25) is 0 Å². The second-order valence-electron chi connectivity index (χ2n) is 4.73. The molecule has 0 aliphatic rings. The summed E-state index contributed by atoms with van der Waals surface area (Å²) in [5.74, 6) is -19.4. The monoisotopic (exact) mass is 394 g/mol. The van der Waals surface area contributed by atoms with Gasteiger partial charge in [0.05, 0.1) is 12.5 Å². The second kappa shape index (κ2) is 9.02. The van der Waals surface area contributed by atoms with Crippen LogP contribution in [0.5, 0.6) is 0 Å². The van der Waals surface area contributed by atoms with Crippen LogP contribution in [-0.2, 0) is 14.3 Å². The molecule has 144 valence electrons. The fourth-order valence-electron chi connectivity index (χ4n) is 1.35. The number of hydrogen-bond acceptors (Lipinski definition) is 3. The summed E-state index contributed by atoms with van der Waals surface area (Å²) in [6.07, 6.45) is -5.90. The minimum absolute atomic E-state index is 0.0256. The van der Waals surface area contributed by atoms with E-state index < -0.39 is 55.4 Å². The fourth-order valence-corrected chi connectivity index (χ4v) is 1.50. The number of halogens is 9. The Balaban J connectivity index is 4.74. The first-order chi connectivity index (χ1) is 10.8. The molecule has 3 nitrogen and oxygen atoms in total. The van der Waals surface area contributed by atoms with Gasteiger partial charge in [-0.1, -0.05) is 6.92 Å². The zero-order chi connectivity index (χ0) is 19.2.